The highest BCUT2D eigenvalue weighted by Crippen LogP contribution is 2.65. The number of hydrogen-bond acceptors (Lipinski definition) is 4. The summed E-state index contributed by atoms with van der Waals surface area (Å²) in [6.07, 6.45) is 10.3. The minimum absolute atomic E-state index is 0.00858. The topological polar surface area (TPSA) is 52.6 Å². The van der Waals surface area contributed by atoms with Crippen LogP contribution in [0.25, 0.3) is 0 Å². The predicted octanol–water partition coefficient (Wildman–Crippen LogP) is 5.75. The van der Waals surface area contributed by atoms with Gasteiger partial charge < -0.3 is 9.47 Å². The first-order valence-corrected chi connectivity index (χ1v) is 11.9. The number of ether oxygens (including phenoxy) is 2. The van der Waals surface area contributed by atoms with Gasteiger partial charge in [0.05, 0.1) is 12.7 Å². The van der Waals surface area contributed by atoms with Crippen molar-refractivity contribution >= 4 is 11.8 Å². The molecule has 1 aromatic carbocycles. The SMILES string of the molecule is COc1ccc(C(=O)O[C@H]2CC[C@H]3[C@@H]4CCC5=CC(=O)CC[C@]5(C)[C@H]4CC[C@]23C)cc1. The van der Waals surface area contributed by atoms with Crippen LogP contribution in [0.3, 0.4) is 0 Å². The van der Waals surface area contributed by atoms with Gasteiger partial charge in [-0.25, -0.2) is 4.79 Å². The van der Waals surface area contributed by atoms with Crippen LogP contribution in [0.4, 0.5) is 0 Å². The molecule has 0 N–H and O–H groups in total. The minimum Gasteiger partial charge on any atom is -0.497 e. The first-order chi connectivity index (χ1) is 14.8. The number of rotatable bonds is 3. The van der Waals surface area contributed by atoms with E-state index in [2.05, 4.69) is 13.8 Å². The van der Waals surface area contributed by atoms with Crippen LogP contribution in [0.1, 0.15) is 75.6 Å². The Labute approximate surface area is 185 Å². The van der Waals surface area contributed by atoms with Gasteiger partial charge in [0.1, 0.15) is 11.9 Å². The molecule has 0 radical (unpaired) electrons. The van der Waals surface area contributed by atoms with Crippen LogP contribution in [0.2, 0.25) is 0 Å². The number of fused-ring (bicyclic) bond motifs is 5. The third-order valence-electron chi connectivity index (χ3n) is 9.45. The number of methoxy groups -OCH3 is 1. The van der Waals surface area contributed by atoms with E-state index in [1.165, 1.54) is 18.4 Å². The molecule has 0 bridgehead atoms. The summed E-state index contributed by atoms with van der Waals surface area (Å²) in [4.78, 5) is 24.9. The second-order valence-electron chi connectivity index (χ2n) is 10.7. The van der Waals surface area contributed by atoms with Crippen molar-refractivity contribution in [2.75, 3.05) is 7.11 Å². The van der Waals surface area contributed by atoms with Crippen molar-refractivity contribution in [3.05, 3.63) is 41.5 Å². The fraction of sp³-hybridized carbons (Fsp3) is 0.630. The average Bonchev–Trinajstić information content (AvgIpc) is 3.10. The summed E-state index contributed by atoms with van der Waals surface area (Å²) in [6, 6.07) is 7.19. The predicted molar refractivity (Wildman–Crippen MR) is 119 cm³/mol. The van der Waals surface area contributed by atoms with E-state index < -0.39 is 0 Å². The maximum Gasteiger partial charge on any atom is 0.338 e. The molecule has 0 heterocycles. The summed E-state index contributed by atoms with van der Waals surface area (Å²) in [6.45, 7) is 4.78. The van der Waals surface area contributed by atoms with Gasteiger partial charge in [0, 0.05) is 11.8 Å². The van der Waals surface area contributed by atoms with E-state index >= 15 is 0 Å². The van der Waals surface area contributed by atoms with Crippen LogP contribution in [-0.4, -0.2) is 25.0 Å². The lowest BCUT2D eigenvalue weighted by atomic mass is 9.47. The Hall–Kier alpha value is -2.10. The van der Waals surface area contributed by atoms with E-state index in [-0.39, 0.29) is 22.9 Å². The summed E-state index contributed by atoms with van der Waals surface area (Å²) in [7, 11) is 1.62. The molecule has 0 spiro atoms. The average molecular weight is 423 g/mol. The molecule has 6 atom stereocenters. The third kappa shape index (κ3) is 3.25. The molecule has 0 amide bonds. The zero-order valence-corrected chi connectivity index (χ0v) is 19.0. The summed E-state index contributed by atoms with van der Waals surface area (Å²) < 4.78 is 11.3. The van der Waals surface area contributed by atoms with E-state index in [9.17, 15) is 9.59 Å². The molecule has 4 aliphatic carbocycles. The zero-order chi connectivity index (χ0) is 21.8. The first-order valence-electron chi connectivity index (χ1n) is 11.9. The Balaban J connectivity index is 1.33. The van der Waals surface area contributed by atoms with Gasteiger partial charge in [-0.05, 0) is 98.5 Å². The molecular weight excluding hydrogens is 388 g/mol. The highest BCUT2D eigenvalue weighted by atomic mass is 16.5. The van der Waals surface area contributed by atoms with Gasteiger partial charge in [0.25, 0.3) is 0 Å². The second kappa shape index (κ2) is 7.50. The number of benzene rings is 1. The van der Waals surface area contributed by atoms with E-state index in [4.69, 9.17) is 9.47 Å². The molecule has 0 aliphatic heterocycles. The van der Waals surface area contributed by atoms with Gasteiger partial charge in [-0.15, -0.1) is 0 Å². The van der Waals surface area contributed by atoms with Gasteiger partial charge in [-0.1, -0.05) is 19.4 Å². The molecule has 4 heteroatoms. The fourth-order valence-corrected chi connectivity index (χ4v) is 7.63. The van der Waals surface area contributed by atoms with E-state index in [0.29, 0.717) is 35.5 Å². The molecule has 31 heavy (non-hydrogen) atoms. The summed E-state index contributed by atoms with van der Waals surface area (Å²) in [5, 5.41) is 0. The van der Waals surface area contributed by atoms with Crippen molar-refractivity contribution in [3.8, 4) is 5.75 Å². The highest BCUT2D eigenvalue weighted by molar-refractivity contribution is 5.91. The Morgan fingerprint density at radius 2 is 1.74 bits per heavy atom. The van der Waals surface area contributed by atoms with Crippen LogP contribution in [-0.2, 0) is 9.53 Å². The van der Waals surface area contributed by atoms with Crippen molar-refractivity contribution in [1.82, 2.24) is 0 Å². The fourth-order valence-electron chi connectivity index (χ4n) is 7.63. The van der Waals surface area contributed by atoms with Crippen LogP contribution in [0.5, 0.6) is 5.75 Å². The van der Waals surface area contributed by atoms with E-state index in [1.54, 1.807) is 19.2 Å². The molecule has 5 rings (SSSR count). The number of esters is 1. The lowest BCUT2D eigenvalue weighted by Crippen LogP contribution is -2.51. The zero-order valence-electron chi connectivity index (χ0n) is 19.0. The number of carbonyl (C=O) groups is 2. The Morgan fingerprint density at radius 3 is 2.48 bits per heavy atom. The van der Waals surface area contributed by atoms with Crippen molar-refractivity contribution in [2.45, 2.75) is 71.3 Å². The van der Waals surface area contributed by atoms with Crippen molar-refractivity contribution in [3.63, 3.8) is 0 Å². The molecule has 4 nitrogen and oxygen atoms in total. The van der Waals surface area contributed by atoms with Gasteiger partial charge in [-0.2, -0.15) is 0 Å². The maximum absolute atomic E-state index is 12.9. The number of hydrogen-bond donors (Lipinski definition) is 0. The second-order valence-corrected chi connectivity index (χ2v) is 10.7. The van der Waals surface area contributed by atoms with E-state index in [1.807, 2.05) is 18.2 Å². The monoisotopic (exact) mass is 422 g/mol. The van der Waals surface area contributed by atoms with Crippen LogP contribution >= 0.6 is 0 Å². The summed E-state index contributed by atoms with van der Waals surface area (Å²) in [5.74, 6) is 2.79. The van der Waals surface area contributed by atoms with Gasteiger partial charge in [-0.3, -0.25) is 4.79 Å². The van der Waals surface area contributed by atoms with Crippen LogP contribution in [0.15, 0.2) is 35.9 Å². The van der Waals surface area contributed by atoms with Crippen molar-refractivity contribution < 1.29 is 19.1 Å². The molecule has 3 fully saturated rings. The standard InChI is InChI=1S/C27H34O4/c1-26-14-12-19(28)16-18(26)6-9-21-22-10-11-24(27(22,2)15-13-23(21)26)31-25(29)17-4-7-20(30-3)8-5-17/h4-5,7-8,16,21-24H,6,9-15H2,1-3H3/t21-,22-,23-,24-,26-,27-/m0/s1. The van der Waals surface area contributed by atoms with Crippen LogP contribution in [0, 0.1) is 28.6 Å². The number of ketones is 1. The smallest absolute Gasteiger partial charge is 0.338 e. The Kier molecular flexibility index (Phi) is 5.02. The molecule has 3 saturated carbocycles. The third-order valence-corrected chi connectivity index (χ3v) is 9.45. The maximum atomic E-state index is 12.9. The molecular formula is C27H34O4. The van der Waals surface area contributed by atoms with Gasteiger partial charge in [0.2, 0.25) is 0 Å². The normalized spacial score (nSPS) is 39.1. The quantitative estimate of drug-likeness (QED) is 0.582. The largest absolute Gasteiger partial charge is 0.497 e. The van der Waals surface area contributed by atoms with Crippen molar-refractivity contribution in [1.29, 1.82) is 0 Å². The van der Waals surface area contributed by atoms with Gasteiger partial charge >= 0.3 is 5.97 Å². The lowest BCUT2D eigenvalue weighted by molar-refractivity contribution is -0.118. The minimum atomic E-state index is -0.219. The Bertz CT molecular complexity index is 916. The van der Waals surface area contributed by atoms with Crippen LogP contribution < -0.4 is 4.74 Å². The summed E-state index contributed by atoms with van der Waals surface area (Å²) >= 11 is 0. The molecule has 0 aromatic heterocycles. The molecule has 4 aliphatic rings. The molecule has 1 aromatic rings. The number of allylic oxidation sites excluding steroid dienone is 1. The lowest BCUT2D eigenvalue weighted by Gasteiger charge is -2.57. The molecule has 0 saturated heterocycles. The van der Waals surface area contributed by atoms with E-state index in [0.717, 1.165) is 37.9 Å². The Morgan fingerprint density at radius 1 is 0.968 bits per heavy atom. The first kappa shape index (κ1) is 20.8. The number of carbonyl (C=O) groups excluding carboxylic acids is 2. The van der Waals surface area contributed by atoms with Crippen molar-refractivity contribution in [2.24, 2.45) is 28.6 Å². The molecule has 0 unspecified atom stereocenters. The molecule has 166 valence electrons. The highest BCUT2D eigenvalue weighted by Gasteiger charge is 2.60. The summed E-state index contributed by atoms with van der Waals surface area (Å²) in [5.41, 5.74) is 2.25. The van der Waals surface area contributed by atoms with Gasteiger partial charge in [0.15, 0.2) is 5.78 Å².